The van der Waals surface area contributed by atoms with Gasteiger partial charge < -0.3 is 5.32 Å². The summed E-state index contributed by atoms with van der Waals surface area (Å²) in [6.45, 7) is 0. The molecule has 0 spiro atoms. The van der Waals surface area contributed by atoms with Crippen LogP contribution in [0.5, 0.6) is 0 Å². The van der Waals surface area contributed by atoms with Gasteiger partial charge >= 0.3 is 0 Å². The standard InChI is InChI=1S/C11H12Cl2N2/c12-8-6-10(13)11(14-7-8)15-9-4-2-1-3-5-9/h4,6-7H,1-3,5H2,(H,14,15). The number of allylic oxidation sites excluding steroid dienone is 2. The van der Waals surface area contributed by atoms with Gasteiger partial charge in [-0.25, -0.2) is 4.98 Å². The zero-order chi connectivity index (χ0) is 10.7. The first-order valence-corrected chi connectivity index (χ1v) is 5.78. The van der Waals surface area contributed by atoms with Crippen molar-refractivity contribution >= 4 is 29.0 Å². The Kier molecular flexibility index (Phi) is 3.49. The van der Waals surface area contributed by atoms with Crippen LogP contribution in [0.4, 0.5) is 5.82 Å². The van der Waals surface area contributed by atoms with Crippen molar-refractivity contribution in [2.24, 2.45) is 0 Å². The third-order valence-electron chi connectivity index (χ3n) is 2.38. The van der Waals surface area contributed by atoms with Gasteiger partial charge in [0.25, 0.3) is 0 Å². The quantitative estimate of drug-likeness (QED) is 0.839. The Morgan fingerprint density at radius 1 is 1.27 bits per heavy atom. The number of nitrogens with one attached hydrogen (secondary N) is 1. The van der Waals surface area contributed by atoms with Crippen molar-refractivity contribution in [1.82, 2.24) is 4.98 Å². The number of hydrogen-bond acceptors (Lipinski definition) is 2. The highest BCUT2D eigenvalue weighted by molar-refractivity contribution is 6.35. The average molecular weight is 243 g/mol. The molecule has 1 aromatic rings. The highest BCUT2D eigenvalue weighted by Crippen LogP contribution is 2.26. The maximum atomic E-state index is 6.01. The molecule has 1 heterocycles. The van der Waals surface area contributed by atoms with Crippen LogP contribution >= 0.6 is 23.2 Å². The number of rotatable bonds is 2. The fourth-order valence-corrected chi connectivity index (χ4v) is 2.04. The first-order valence-electron chi connectivity index (χ1n) is 5.03. The lowest BCUT2D eigenvalue weighted by atomic mass is 10.1. The molecule has 1 aromatic heterocycles. The Morgan fingerprint density at radius 3 is 2.80 bits per heavy atom. The number of pyridine rings is 1. The van der Waals surface area contributed by atoms with Crippen molar-refractivity contribution in [3.05, 3.63) is 34.1 Å². The Morgan fingerprint density at radius 2 is 2.13 bits per heavy atom. The van der Waals surface area contributed by atoms with E-state index in [2.05, 4.69) is 16.4 Å². The molecule has 1 aliphatic rings. The topological polar surface area (TPSA) is 24.9 Å². The van der Waals surface area contributed by atoms with E-state index in [9.17, 15) is 0 Å². The molecule has 0 radical (unpaired) electrons. The van der Waals surface area contributed by atoms with E-state index in [1.165, 1.54) is 18.5 Å². The minimum atomic E-state index is 0.558. The van der Waals surface area contributed by atoms with Crippen molar-refractivity contribution < 1.29 is 0 Å². The van der Waals surface area contributed by atoms with E-state index in [1.807, 2.05) is 0 Å². The fraction of sp³-hybridized carbons (Fsp3) is 0.364. The lowest BCUT2D eigenvalue weighted by Gasteiger charge is -2.15. The minimum Gasteiger partial charge on any atom is -0.343 e. The highest BCUT2D eigenvalue weighted by Gasteiger charge is 2.07. The van der Waals surface area contributed by atoms with Crippen LogP contribution in [-0.2, 0) is 0 Å². The van der Waals surface area contributed by atoms with E-state index in [4.69, 9.17) is 23.2 Å². The van der Waals surface area contributed by atoms with Gasteiger partial charge in [-0.05, 0) is 31.7 Å². The van der Waals surface area contributed by atoms with Gasteiger partial charge in [-0.15, -0.1) is 0 Å². The second-order valence-electron chi connectivity index (χ2n) is 3.58. The second-order valence-corrected chi connectivity index (χ2v) is 4.43. The van der Waals surface area contributed by atoms with Crippen LogP contribution in [-0.4, -0.2) is 4.98 Å². The number of halogens is 2. The number of hydrogen-bond donors (Lipinski definition) is 1. The van der Waals surface area contributed by atoms with Gasteiger partial charge in [0.05, 0.1) is 10.0 Å². The summed E-state index contributed by atoms with van der Waals surface area (Å²) >= 11 is 11.8. The van der Waals surface area contributed by atoms with E-state index < -0.39 is 0 Å². The van der Waals surface area contributed by atoms with Crippen molar-refractivity contribution in [3.63, 3.8) is 0 Å². The molecule has 0 bridgehead atoms. The van der Waals surface area contributed by atoms with Crippen LogP contribution in [0.25, 0.3) is 0 Å². The molecular formula is C11H12Cl2N2. The maximum absolute atomic E-state index is 6.01. The molecule has 4 heteroatoms. The number of anilines is 1. The van der Waals surface area contributed by atoms with Crippen LogP contribution in [0.2, 0.25) is 10.0 Å². The summed E-state index contributed by atoms with van der Waals surface area (Å²) in [5.74, 6) is 0.689. The molecule has 2 rings (SSSR count). The van der Waals surface area contributed by atoms with Gasteiger partial charge in [-0.1, -0.05) is 29.3 Å². The van der Waals surface area contributed by atoms with Gasteiger partial charge in [0.15, 0.2) is 0 Å². The lowest BCUT2D eigenvalue weighted by molar-refractivity contribution is 0.703. The Labute approximate surface area is 99.3 Å². The predicted octanol–water partition coefficient (Wildman–Crippen LogP) is 4.26. The van der Waals surface area contributed by atoms with Gasteiger partial charge in [-0.2, -0.15) is 0 Å². The Balaban J connectivity index is 2.13. The molecule has 0 aliphatic heterocycles. The normalized spacial score (nSPS) is 16.0. The second kappa shape index (κ2) is 4.86. The first-order chi connectivity index (χ1) is 7.25. The van der Waals surface area contributed by atoms with E-state index in [1.54, 1.807) is 12.3 Å². The van der Waals surface area contributed by atoms with Crippen LogP contribution in [0.15, 0.2) is 24.0 Å². The van der Waals surface area contributed by atoms with Gasteiger partial charge in [-0.3, -0.25) is 0 Å². The largest absolute Gasteiger partial charge is 0.343 e. The highest BCUT2D eigenvalue weighted by atomic mass is 35.5. The van der Waals surface area contributed by atoms with Gasteiger partial charge in [0.1, 0.15) is 5.82 Å². The summed E-state index contributed by atoms with van der Waals surface area (Å²) in [6.07, 6.45) is 8.50. The monoisotopic (exact) mass is 242 g/mol. The van der Waals surface area contributed by atoms with E-state index >= 15 is 0 Å². The summed E-state index contributed by atoms with van der Waals surface area (Å²) in [7, 11) is 0. The third kappa shape index (κ3) is 2.86. The molecule has 0 amide bonds. The van der Waals surface area contributed by atoms with Gasteiger partial charge in [0, 0.05) is 11.9 Å². The maximum Gasteiger partial charge on any atom is 0.149 e. The van der Waals surface area contributed by atoms with Crippen molar-refractivity contribution in [2.75, 3.05) is 5.32 Å². The lowest BCUT2D eigenvalue weighted by Crippen LogP contribution is -2.04. The molecular weight excluding hydrogens is 231 g/mol. The molecule has 2 nitrogen and oxygen atoms in total. The Bertz CT molecular complexity index is 388. The van der Waals surface area contributed by atoms with Crippen molar-refractivity contribution in [3.8, 4) is 0 Å². The third-order valence-corrected chi connectivity index (χ3v) is 2.87. The molecule has 80 valence electrons. The smallest absolute Gasteiger partial charge is 0.149 e. The SMILES string of the molecule is Clc1cnc(NC2=CCCCC2)c(Cl)c1. The molecule has 15 heavy (non-hydrogen) atoms. The van der Waals surface area contributed by atoms with E-state index in [0.29, 0.717) is 15.9 Å². The molecule has 1 N–H and O–H groups in total. The van der Waals surface area contributed by atoms with Crippen LogP contribution < -0.4 is 5.32 Å². The summed E-state index contributed by atoms with van der Waals surface area (Å²) in [5, 5.41) is 4.36. The van der Waals surface area contributed by atoms with E-state index in [-0.39, 0.29) is 0 Å². The fourth-order valence-electron chi connectivity index (χ4n) is 1.61. The van der Waals surface area contributed by atoms with Crippen LogP contribution in [0.3, 0.4) is 0 Å². The molecule has 0 fully saturated rings. The number of aromatic nitrogens is 1. The summed E-state index contributed by atoms with van der Waals surface area (Å²) in [6, 6.07) is 1.70. The molecule has 0 saturated carbocycles. The summed E-state index contributed by atoms with van der Waals surface area (Å²) in [4.78, 5) is 4.16. The van der Waals surface area contributed by atoms with Crippen LogP contribution in [0, 0.1) is 0 Å². The summed E-state index contributed by atoms with van der Waals surface area (Å²) in [5.41, 5.74) is 1.21. The minimum absolute atomic E-state index is 0.558. The van der Waals surface area contributed by atoms with E-state index in [0.717, 1.165) is 12.8 Å². The van der Waals surface area contributed by atoms with Gasteiger partial charge in [0.2, 0.25) is 0 Å². The van der Waals surface area contributed by atoms with Crippen LogP contribution in [0.1, 0.15) is 25.7 Å². The molecule has 0 saturated heterocycles. The van der Waals surface area contributed by atoms with Crippen molar-refractivity contribution in [2.45, 2.75) is 25.7 Å². The first kappa shape index (κ1) is 10.8. The molecule has 0 unspecified atom stereocenters. The average Bonchev–Trinajstić information content (AvgIpc) is 2.24. The predicted molar refractivity (Wildman–Crippen MR) is 64.4 cm³/mol. The molecule has 1 aliphatic carbocycles. The molecule has 0 atom stereocenters. The van der Waals surface area contributed by atoms with Crippen molar-refractivity contribution in [1.29, 1.82) is 0 Å². The zero-order valence-electron chi connectivity index (χ0n) is 8.26. The Hall–Kier alpha value is -0.730. The molecule has 0 aromatic carbocycles. The zero-order valence-corrected chi connectivity index (χ0v) is 9.78. The summed E-state index contributed by atoms with van der Waals surface area (Å²) < 4.78 is 0. The number of nitrogens with zero attached hydrogens (tertiary/aromatic N) is 1.